The lowest BCUT2D eigenvalue weighted by atomic mass is 10.1. The van der Waals surface area contributed by atoms with Crippen LogP contribution in [0, 0.1) is 10.1 Å². The van der Waals surface area contributed by atoms with Gasteiger partial charge < -0.3 is 4.90 Å². The molecule has 0 radical (unpaired) electrons. The number of carbonyl (C=O) groups excluding carboxylic acids is 1. The predicted molar refractivity (Wildman–Crippen MR) is 98.9 cm³/mol. The normalized spacial score (nSPS) is 13.1. The van der Waals surface area contributed by atoms with Crippen molar-refractivity contribution in [3.05, 3.63) is 61.4 Å². The molecule has 1 amide bonds. The highest BCUT2D eigenvalue weighted by molar-refractivity contribution is 7.23. The highest BCUT2D eigenvalue weighted by Crippen LogP contribution is 2.35. The van der Waals surface area contributed by atoms with Crippen LogP contribution in [0.4, 0.5) is 11.4 Å². The van der Waals surface area contributed by atoms with Crippen LogP contribution in [0.2, 0.25) is 4.34 Å². The Morgan fingerprint density at radius 2 is 2.16 bits per heavy atom. The molecule has 3 aromatic rings. The maximum atomic E-state index is 12.8. The Bertz CT molecular complexity index is 998. The zero-order chi connectivity index (χ0) is 17.6. The summed E-state index contributed by atoms with van der Waals surface area (Å²) in [6.45, 7) is 0.493. The first-order valence-electron chi connectivity index (χ1n) is 7.33. The van der Waals surface area contributed by atoms with Gasteiger partial charge in [-0.15, -0.1) is 22.7 Å². The number of nitrogens with zero attached hydrogens (tertiary/aromatic N) is 3. The minimum absolute atomic E-state index is 0.0226. The van der Waals surface area contributed by atoms with E-state index in [1.807, 2.05) is 6.07 Å². The number of thiazole rings is 1. The fourth-order valence-electron chi connectivity index (χ4n) is 2.74. The van der Waals surface area contributed by atoms with Crippen LogP contribution in [-0.2, 0) is 6.42 Å². The maximum absolute atomic E-state index is 12.8. The molecular formula is C16H10ClN3O3S2. The van der Waals surface area contributed by atoms with Gasteiger partial charge in [-0.05, 0) is 24.1 Å². The summed E-state index contributed by atoms with van der Waals surface area (Å²) in [5.41, 5.74) is 1.84. The molecule has 0 unspecified atom stereocenters. The first-order valence-corrected chi connectivity index (χ1v) is 9.41. The van der Waals surface area contributed by atoms with E-state index in [1.165, 1.54) is 34.8 Å². The first kappa shape index (κ1) is 16.2. The molecule has 0 N–H and O–H groups in total. The van der Waals surface area contributed by atoms with E-state index in [1.54, 1.807) is 22.4 Å². The smallest absolute Gasteiger partial charge is 0.277 e. The van der Waals surface area contributed by atoms with Crippen molar-refractivity contribution in [3.63, 3.8) is 0 Å². The fourth-order valence-corrected chi connectivity index (χ4v) is 4.65. The second-order valence-electron chi connectivity index (χ2n) is 5.42. The molecule has 0 saturated carbocycles. The Balaban J connectivity index is 1.64. The number of halogens is 1. The highest BCUT2D eigenvalue weighted by Gasteiger charge is 2.29. The number of non-ortho nitro benzene ring substituents is 1. The molecule has 9 heteroatoms. The van der Waals surface area contributed by atoms with Crippen molar-refractivity contribution in [3.8, 4) is 9.88 Å². The Morgan fingerprint density at radius 3 is 2.88 bits per heavy atom. The topological polar surface area (TPSA) is 76.3 Å². The molecule has 2 aromatic heterocycles. The molecular weight excluding hydrogens is 382 g/mol. The van der Waals surface area contributed by atoms with E-state index >= 15 is 0 Å². The predicted octanol–water partition coefficient (Wildman–Crippen LogP) is 4.64. The molecule has 6 nitrogen and oxygen atoms in total. The van der Waals surface area contributed by atoms with Crippen molar-refractivity contribution >= 4 is 51.6 Å². The second kappa shape index (κ2) is 6.21. The summed E-state index contributed by atoms with van der Waals surface area (Å²) in [5, 5.41) is 13.4. The number of hydrogen-bond acceptors (Lipinski definition) is 6. The molecule has 3 heterocycles. The van der Waals surface area contributed by atoms with Crippen LogP contribution in [0.15, 0.2) is 35.7 Å². The van der Waals surface area contributed by atoms with E-state index in [0.717, 1.165) is 15.4 Å². The third kappa shape index (κ3) is 2.92. The van der Waals surface area contributed by atoms with E-state index in [2.05, 4.69) is 4.98 Å². The SMILES string of the molecule is O=C(c1csc(-c2ccc(Cl)s2)n1)N1CCc2ccc([N+](=O)[O-])cc21. The van der Waals surface area contributed by atoms with Gasteiger partial charge in [0.25, 0.3) is 11.6 Å². The number of benzene rings is 1. The van der Waals surface area contributed by atoms with E-state index in [4.69, 9.17) is 11.6 Å². The van der Waals surface area contributed by atoms with Crippen molar-refractivity contribution < 1.29 is 9.72 Å². The van der Waals surface area contributed by atoms with Crippen LogP contribution >= 0.6 is 34.3 Å². The van der Waals surface area contributed by atoms with E-state index in [9.17, 15) is 14.9 Å². The maximum Gasteiger partial charge on any atom is 0.277 e. The molecule has 1 aliphatic rings. The van der Waals surface area contributed by atoms with Crippen molar-refractivity contribution in [1.82, 2.24) is 4.98 Å². The molecule has 1 aliphatic heterocycles. The number of fused-ring (bicyclic) bond motifs is 1. The largest absolute Gasteiger partial charge is 0.306 e. The molecule has 0 fully saturated rings. The monoisotopic (exact) mass is 391 g/mol. The number of nitro groups is 1. The van der Waals surface area contributed by atoms with Gasteiger partial charge in [-0.3, -0.25) is 14.9 Å². The summed E-state index contributed by atoms with van der Waals surface area (Å²) in [5.74, 6) is -0.246. The quantitative estimate of drug-likeness (QED) is 0.481. The molecule has 4 rings (SSSR count). The lowest BCUT2D eigenvalue weighted by Crippen LogP contribution is -2.29. The average Bonchev–Trinajstić information content (AvgIpc) is 3.32. The Labute approximate surface area is 155 Å². The zero-order valence-corrected chi connectivity index (χ0v) is 15.0. The van der Waals surface area contributed by atoms with Crippen molar-refractivity contribution in [2.45, 2.75) is 6.42 Å². The second-order valence-corrected chi connectivity index (χ2v) is 7.99. The average molecular weight is 392 g/mol. The third-order valence-corrected chi connectivity index (χ3v) is 6.17. The molecule has 0 aliphatic carbocycles. The summed E-state index contributed by atoms with van der Waals surface area (Å²) in [6, 6.07) is 8.29. The summed E-state index contributed by atoms with van der Waals surface area (Å²) < 4.78 is 0.666. The lowest BCUT2D eigenvalue weighted by molar-refractivity contribution is -0.384. The van der Waals surface area contributed by atoms with Gasteiger partial charge in [-0.1, -0.05) is 17.7 Å². The number of thiophene rings is 1. The summed E-state index contributed by atoms with van der Waals surface area (Å²) in [7, 11) is 0. The van der Waals surface area contributed by atoms with E-state index in [-0.39, 0.29) is 11.6 Å². The van der Waals surface area contributed by atoms with Gasteiger partial charge in [0.2, 0.25) is 0 Å². The van der Waals surface area contributed by atoms with Gasteiger partial charge in [0.15, 0.2) is 0 Å². The molecule has 25 heavy (non-hydrogen) atoms. The zero-order valence-electron chi connectivity index (χ0n) is 12.6. The van der Waals surface area contributed by atoms with Gasteiger partial charge in [-0.2, -0.15) is 0 Å². The minimum atomic E-state index is -0.456. The van der Waals surface area contributed by atoms with Gasteiger partial charge in [0, 0.05) is 24.1 Å². The number of hydrogen-bond donors (Lipinski definition) is 0. The minimum Gasteiger partial charge on any atom is -0.306 e. The fraction of sp³-hybridized carbons (Fsp3) is 0.125. The van der Waals surface area contributed by atoms with Crippen molar-refractivity contribution in [2.75, 3.05) is 11.4 Å². The third-order valence-electron chi connectivity index (χ3n) is 3.93. The summed E-state index contributed by atoms with van der Waals surface area (Å²) in [6.07, 6.45) is 0.677. The number of amides is 1. The van der Waals surface area contributed by atoms with Crippen LogP contribution < -0.4 is 4.90 Å². The van der Waals surface area contributed by atoms with Gasteiger partial charge in [-0.25, -0.2) is 4.98 Å². The molecule has 0 atom stereocenters. The highest BCUT2D eigenvalue weighted by atomic mass is 35.5. The van der Waals surface area contributed by atoms with E-state index in [0.29, 0.717) is 28.7 Å². The number of carbonyl (C=O) groups is 1. The van der Waals surface area contributed by atoms with Crippen LogP contribution in [-0.4, -0.2) is 22.4 Å². The standard InChI is InChI=1S/C16H10ClN3O3S2/c17-14-4-3-13(25-14)15-18-11(8-24-15)16(21)19-6-5-9-1-2-10(20(22)23)7-12(9)19/h1-4,7-8H,5-6H2. The number of anilines is 1. The van der Waals surface area contributed by atoms with Crippen LogP contribution in [0.5, 0.6) is 0 Å². The van der Waals surface area contributed by atoms with Crippen molar-refractivity contribution in [1.29, 1.82) is 0 Å². The van der Waals surface area contributed by atoms with Crippen LogP contribution in [0.3, 0.4) is 0 Å². The number of aromatic nitrogens is 1. The summed E-state index contributed by atoms with van der Waals surface area (Å²) in [4.78, 5) is 30.2. The first-order chi connectivity index (χ1) is 12.0. The molecule has 126 valence electrons. The van der Waals surface area contributed by atoms with Gasteiger partial charge in [0.05, 0.1) is 19.8 Å². The lowest BCUT2D eigenvalue weighted by Gasteiger charge is -2.15. The van der Waals surface area contributed by atoms with Crippen molar-refractivity contribution in [2.24, 2.45) is 0 Å². The molecule has 1 aromatic carbocycles. The van der Waals surface area contributed by atoms with Gasteiger partial charge >= 0.3 is 0 Å². The number of nitro benzene ring substituents is 1. The Morgan fingerprint density at radius 1 is 1.32 bits per heavy atom. The summed E-state index contributed by atoms with van der Waals surface area (Å²) >= 11 is 8.73. The Kier molecular flexibility index (Phi) is 4.03. The molecule has 0 spiro atoms. The van der Waals surface area contributed by atoms with Gasteiger partial charge in [0.1, 0.15) is 10.7 Å². The Hall–Kier alpha value is -2.29. The van der Waals surface area contributed by atoms with Crippen LogP contribution in [0.25, 0.3) is 9.88 Å². The number of rotatable bonds is 3. The molecule has 0 bridgehead atoms. The van der Waals surface area contributed by atoms with E-state index < -0.39 is 4.92 Å². The van der Waals surface area contributed by atoms with Crippen LogP contribution in [0.1, 0.15) is 16.1 Å². The molecule has 0 saturated heterocycles.